The lowest BCUT2D eigenvalue weighted by molar-refractivity contribution is 0.00247. The van der Waals surface area contributed by atoms with Crippen molar-refractivity contribution in [3.8, 4) is 0 Å². The molecule has 8 nitrogen and oxygen atoms in total. The number of aliphatic imine (C=N–C) groups is 1. The number of imidazole rings is 1. The fraction of sp³-hybridized carbons (Fsp3) is 0.652. The Balaban J connectivity index is 1.26. The Morgan fingerprint density at radius 2 is 2.03 bits per heavy atom. The summed E-state index contributed by atoms with van der Waals surface area (Å²) in [4.78, 5) is 11.6. The highest BCUT2D eigenvalue weighted by Gasteiger charge is 2.31. The van der Waals surface area contributed by atoms with E-state index >= 15 is 0 Å². The normalized spacial score (nSPS) is 21.5. The molecule has 2 aromatic rings. The van der Waals surface area contributed by atoms with Crippen molar-refractivity contribution in [2.24, 2.45) is 10.9 Å². The number of ether oxygens (including phenoxy) is 2. The highest BCUT2D eigenvalue weighted by atomic mass is 16.5. The van der Waals surface area contributed by atoms with Crippen molar-refractivity contribution in [3.05, 3.63) is 30.1 Å². The molecule has 2 aliphatic rings. The van der Waals surface area contributed by atoms with Crippen LogP contribution in [0.5, 0.6) is 0 Å². The van der Waals surface area contributed by atoms with E-state index < -0.39 is 0 Å². The number of aryl methyl sites for hydroxylation is 2. The highest BCUT2D eigenvalue weighted by molar-refractivity contribution is 5.79. The van der Waals surface area contributed by atoms with Crippen LogP contribution in [0.3, 0.4) is 0 Å². The summed E-state index contributed by atoms with van der Waals surface area (Å²) in [6.45, 7) is 10.1. The van der Waals surface area contributed by atoms with Gasteiger partial charge < -0.3 is 24.7 Å². The number of hydrogen-bond acceptors (Lipinski definition) is 5. The average molecular weight is 429 g/mol. The van der Waals surface area contributed by atoms with Crippen molar-refractivity contribution in [2.75, 3.05) is 59.7 Å². The number of rotatable bonds is 8. The van der Waals surface area contributed by atoms with Crippen molar-refractivity contribution < 1.29 is 9.47 Å². The van der Waals surface area contributed by atoms with E-state index in [4.69, 9.17) is 9.47 Å². The summed E-state index contributed by atoms with van der Waals surface area (Å²) >= 11 is 0. The van der Waals surface area contributed by atoms with Crippen LogP contribution in [0, 0.1) is 12.8 Å². The summed E-state index contributed by atoms with van der Waals surface area (Å²) in [6, 6.07) is 8.78. The fourth-order valence-electron chi connectivity index (χ4n) is 4.70. The van der Waals surface area contributed by atoms with Gasteiger partial charge in [0.2, 0.25) is 0 Å². The fourth-order valence-corrected chi connectivity index (χ4v) is 4.70. The zero-order valence-electron chi connectivity index (χ0n) is 18.8. The number of fused-ring (bicyclic) bond motifs is 1. The minimum absolute atomic E-state index is 0.449. The van der Waals surface area contributed by atoms with E-state index in [1.165, 1.54) is 5.52 Å². The third-order valence-corrected chi connectivity index (χ3v) is 6.42. The molecule has 0 spiro atoms. The third-order valence-electron chi connectivity index (χ3n) is 6.42. The van der Waals surface area contributed by atoms with Crippen molar-refractivity contribution >= 4 is 17.0 Å². The number of benzene rings is 1. The molecule has 2 saturated heterocycles. The zero-order valence-corrected chi connectivity index (χ0v) is 18.8. The molecule has 0 radical (unpaired) electrons. The van der Waals surface area contributed by atoms with Crippen LogP contribution < -0.4 is 10.6 Å². The van der Waals surface area contributed by atoms with Gasteiger partial charge in [-0.25, -0.2) is 4.98 Å². The average Bonchev–Trinajstić information content (AvgIpc) is 3.44. The summed E-state index contributed by atoms with van der Waals surface area (Å²) < 4.78 is 13.5. The number of nitrogens with one attached hydrogen (secondary N) is 2. The van der Waals surface area contributed by atoms with E-state index in [2.05, 4.69) is 55.2 Å². The Kier molecular flexibility index (Phi) is 7.77. The van der Waals surface area contributed by atoms with Crippen molar-refractivity contribution in [1.82, 2.24) is 25.1 Å². The molecule has 0 amide bonds. The SMILES string of the molecule is CN=C(NCCCn1c(C)nc2ccccc21)NCC(C1CCOC1)N1CCOCC1. The molecule has 8 heteroatoms. The van der Waals surface area contributed by atoms with Gasteiger partial charge >= 0.3 is 0 Å². The van der Waals surface area contributed by atoms with E-state index in [-0.39, 0.29) is 0 Å². The molecule has 3 heterocycles. The molecule has 2 fully saturated rings. The van der Waals surface area contributed by atoms with Gasteiger partial charge in [0, 0.05) is 58.3 Å². The van der Waals surface area contributed by atoms with Crippen LogP contribution in [0.4, 0.5) is 0 Å². The largest absolute Gasteiger partial charge is 0.381 e. The lowest BCUT2D eigenvalue weighted by atomic mass is 9.97. The summed E-state index contributed by atoms with van der Waals surface area (Å²) in [7, 11) is 1.84. The molecule has 170 valence electrons. The molecule has 2 aliphatic heterocycles. The number of morpholine rings is 1. The second-order valence-corrected chi connectivity index (χ2v) is 8.37. The third kappa shape index (κ3) is 5.56. The molecular formula is C23H36N6O2. The number of aromatic nitrogens is 2. The molecule has 1 aromatic carbocycles. The van der Waals surface area contributed by atoms with E-state index in [9.17, 15) is 0 Å². The number of para-hydroxylation sites is 2. The Morgan fingerprint density at radius 3 is 2.81 bits per heavy atom. The first-order valence-corrected chi connectivity index (χ1v) is 11.5. The number of nitrogens with zero attached hydrogens (tertiary/aromatic N) is 4. The standard InChI is InChI=1S/C23H36N6O2/c1-18-27-20-6-3-4-7-21(20)29(18)10-5-9-25-23(24-2)26-16-22(19-8-13-31-17-19)28-11-14-30-15-12-28/h3-4,6-7,19,22H,5,8-17H2,1-2H3,(H2,24,25,26). The van der Waals surface area contributed by atoms with Gasteiger partial charge in [0.05, 0.1) is 30.9 Å². The predicted molar refractivity (Wildman–Crippen MR) is 124 cm³/mol. The molecule has 1 aromatic heterocycles. The van der Waals surface area contributed by atoms with E-state index in [0.29, 0.717) is 12.0 Å². The van der Waals surface area contributed by atoms with Crippen LogP contribution in [0.1, 0.15) is 18.7 Å². The van der Waals surface area contributed by atoms with Crippen LogP contribution >= 0.6 is 0 Å². The maximum Gasteiger partial charge on any atom is 0.191 e. The predicted octanol–water partition coefficient (Wildman–Crippen LogP) is 1.64. The Bertz CT molecular complexity index is 855. The maximum atomic E-state index is 5.68. The molecular weight excluding hydrogens is 392 g/mol. The van der Waals surface area contributed by atoms with Gasteiger partial charge in [-0.2, -0.15) is 0 Å². The van der Waals surface area contributed by atoms with E-state index in [0.717, 1.165) is 89.3 Å². The Hall–Kier alpha value is -2.16. The van der Waals surface area contributed by atoms with Gasteiger partial charge in [0.15, 0.2) is 5.96 Å². The summed E-state index contributed by atoms with van der Waals surface area (Å²) in [5.74, 6) is 2.50. The summed E-state index contributed by atoms with van der Waals surface area (Å²) in [5, 5.41) is 7.04. The van der Waals surface area contributed by atoms with Crippen LogP contribution in [0.25, 0.3) is 11.0 Å². The second-order valence-electron chi connectivity index (χ2n) is 8.37. The van der Waals surface area contributed by atoms with Crippen LogP contribution in [0.2, 0.25) is 0 Å². The smallest absolute Gasteiger partial charge is 0.191 e. The minimum atomic E-state index is 0.449. The molecule has 0 saturated carbocycles. The van der Waals surface area contributed by atoms with Crippen LogP contribution in [-0.4, -0.2) is 86.1 Å². The molecule has 2 unspecified atom stereocenters. The molecule has 31 heavy (non-hydrogen) atoms. The van der Waals surface area contributed by atoms with Crippen LogP contribution in [0.15, 0.2) is 29.3 Å². The highest BCUT2D eigenvalue weighted by Crippen LogP contribution is 2.22. The van der Waals surface area contributed by atoms with Crippen molar-refractivity contribution in [1.29, 1.82) is 0 Å². The topological polar surface area (TPSA) is 75.9 Å². The molecule has 2 N–H and O–H groups in total. The Labute approximate surface area is 185 Å². The van der Waals surface area contributed by atoms with Gasteiger partial charge in [0.25, 0.3) is 0 Å². The van der Waals surface area contributed by atoms with Gasteiger partial charge in [-0.15, -0.1) is 0 Å². The first kappa shape index (κ1) is 22.0. The summed E-state index contributed by atoms with van der Waals surface area (Å²) in [6.07, 6.45) is 2.14. The lowest BCUT2D eigenvalue weighted by Crippen LogP contribution is -2.53. The van der Waals surface area contributed by atoms with Gasteiger partial charge in [-0.3, -0.25) is 9.89 Å². The number of hydrogen-bond donors (Lipinski definition) is 2. The molecule has 4 rings (SSSR count). The number of guanidine groups is 1. The monoisotopic (exact) mass is 428 g/mol. The summed E-state index contributed by atoms with van der Waals surface area (Å²) in [5.41, 5.74) is 2.27. The quantitative estimate of drug-likeness (QED) is 0.378. The van der Waals surface area contributed by atoms with Gasteiger partial charge in [-0.05, 0) is 31.9 Å². The van der Waals surface area contributed by atoms with Crippen molar-refractivity contribution in [2.45, 2.75) is 32.4 Å². The lowest BCUT2D eigenvalue weighted by Gasteiger charge is -2.37. The first-order chi connectivity index (χ1) is 15.3. The van der Waals surface area contributed by atoms with Crippen molar-refractivity contribution in [3.63, 3.8) is 0 Å². The Morgan fingerprint density at radius 1 is 1.19 bits per heavy atom. The van der Waals surface area contributed by atoms with Gasteiger partial charge in [-0.1, -0.05) is 12.1 Å². The zero-order chi connectivity index (χ0) is 21.5. The van der Waals surface area contributed by atoms with Crippen LogP contribution in [-0.2, 0) is 16.0 Å². The second kappa shape index (κ2) is 10.9. The van der Waals surface area contributed by atoms with E-state index in [1.807, 2.05) is 13.1 Å². The maximum absolute atomic E-state index is 5.68. The molecule has 0 aliphatic carbocycles. The molecule has 2 atom stereocenters. The minimum Gasteiger partial charge on any atom is -0.381 e. The van der Waals surface area contributed by atoms with Gasteiger partial charge in [0.1, 0.15) is 5.82 Å². The van der Waals surface area contributed by atoms with E-state index in [1.54, 1.807) is 0 Å². The first-order valence-electron chi connectivity index (χ1n) is 11.5. The molecule has 0 bridgehead atoms.